The molecule has 2 rings (SSSR count). The maximum Gasteiger partial charge on any atom is 0.242 e. The van der Waals surface area contributed by atoms with Gasteiger partial charge in [0.2, 0.25) is 11.8 Å². The third kappa shape index (κ3) is 7.68. The number of rotatable bonds is 9. The van der Waals surface area contributed by atoms with E-state index in [1.165, 1.54) is 11.8 Å². The zero-order valence-electron chi connectivity index (χ0n) is 16.8. The summed E-state index contributed by atoms with van der Waals surface area (Å²) < 4.78 is 0.972. The van der Waals surface area contributed by atoms with Gasteiger partial charge in [0.15, 0.2) is 0 Å². The fourth-order valence-corrected chi connectivity index (χ4v) is 3.77. The van der Waals surface area contributed by atoms with E-state index in [-0.39, 0.29) is 23.6 Å². The van der Waals surface area contributed by atoms with Gasteiger partial charge in [-0.3, -0.25) is 9.59 Å². The molecule has 0 heterocycles. The largest absolute Gasteiger partial charge is 0.352 e. The quantitative estimate of drug-likeness (QED) is 0.464. The molecule has 29 heavy (non-hydrogen) atoms. The van der Waals surface area contributed by atoms with Crippen LogP contribution < -0.4 is 5.32 Å². The van der Waals surface area contributed by atoms with Gasteiger partial charge in [-0.2, -0.15) is 0 Å². The van der Waals surface area contributed by atoms with Crippen LogP contribution in [0.4, 0.5) is 0 Å². The summed E-state index contributed by atoms with van der Waals surface area (Å²) in [5.74, 6) is 0.0278. The van der Waals surface area contributed by atoms with Crippen LogP contribution in [-0.2, 0) is 16.1 Å². The van der Waals surface area contributed by atoms with Crippen molar-refractivity contribution in [3.63, 3.8) is 0 Å². The summed E-state index contributed by atoms with van der Waals surface area (Å²) >= 11 is 10.8. The minimum Gasteiger partial charge on any atom is -0.352 e. The van der Waals surface area contributed by atoms with Gasteiger partial charge in [-0.05, 0) is 62.2 Å². The summed E-state index contributed by atoms with van der Waals surface area (Å²) in [5, 5.41) is 3.64. The van der Waals surface area contributed by atoms with Gasteiger partial charge < -0.3 is 10.2 Å². The number of hydrogen-bond donors (Lipinski definition) is 1. The number of carbonyl (C=O) groups excluding carboxylic acids is 2. The molecular formula is C22H26BrClN2O2S. The third-order valence-corrected chi connectivity index (χ3v) is 6.39. The van der Waals surface area contributed by atoms with Gasteiger partial charge in [0.05, 0.1) is 5.75 Å². The molecule has 0 fully saturated rings. The van der Waals surface area contributed by atoms with E-state index in [0.717, 1.165) is 21.4 Å². The summed E-state index contributed by atoms with van der Waals surface area (Å²) in [5.41, 5.74) is 0.973. The predicted octanol–water partition coefficient (Wildman–Crippen LogP) is 5.53. The summed E-state index contributed by atoms with van der Waals surface area (Å²) in [6.07, 6.45) is 0.839. The van der Waals surface area contributed by atoms with E-state index >= 15 is 0 Å². The number of halogens is 2. The Morgan fingerprint density at radius 1 is 1.10 bits per heavy atom. The highest BCUT2D eigenvalue weighted by atomic mass is 79.9. The normalized spacial score (nSPS) is 12.9. The van der Waals surface area contributed by atoms with Crippen LogP contribution in [0, 0.1) is 0 Å². The van der Waals surface area contributed by atoms with Crippen LogP contribution in [0.3, 0.4) is 0 Å². The zero-order valence-corrected chi connectivity index (χ0v) is 20.0. The lowest BCUT2D eigenvalue weighted by Gasteiger charge is -2.29. The first kappa shape index (κ1) is 23.8. The Morgan fingerprint density at radius 3 is 2.31 bits per heavy atom. The van der Waals surface area contributed by atoms with Crippen molar-refractivity contribution in [1.29, 1.82) is 0 Å². The van der Waals surface area contributed by atoms with Crippen LogP contribution in [-0.4, -0.2) is 34.6 Å². The zero-order chi connectivity index (χ0) is 21.4. The molecule has 1 N–H and O–H groups in total. The van der Waals surface area contributed by atoms with E-state index in [1.807, 2.05) is 50.2 Å². The highest BCUT2D eigenvalue weighted by Gasteiger charge is 2.26. The lowest BCUT2D eigenvalue weighted by Crippen LogP contribution is -2.50. The molecule has 0 radical (unpaired) electrons. The van der Waals surface area contributed by atoms with Crippen molar-refractivity contribution in [2.75, 3.05) is 5.75 Å². The monoisotopic (exact) mass is 496 g/mol. The van der Waals surface area contributed by atoms with E-state index in [9.17, 15) is 9.59 Å². The molecule has 2 amide bonds. The molecule has 2 atom stereocenters. The number of hydrogen-bond acceptors (Lipinski definition) is 3. The van der Waals surface area contributed by atoms with Gasteiger partial charge in [-0.25, -0.2) is 0 Å². The Bertz CT molecular complexity index is 815. The summed E-state index contributed by atoms with van der Waals surface area (Å²) in [7, 11) is 0. The second-order valence-electron chi connectivity index (χ2n) is 6.88. The van der Waals surface area contributed by atoms with Crippen molar-refractivity contribution in [3.05, 3.63) is 63.6 Å². The van der Waals surface area contributed by atoms with Gasteiger partial charge in [0.25, 0.3) is 0 Å². The number of benzene rings is 2. The molecule has 0 aliphatic carbocycles. The molecule has 0 unspecified atom stereocenters. The number of nitrogens with one attached hydrogen (secondary N) is 1. The first-order valence-electron chi connectivity index (χ1n) is 9.52. The maximum absolute atomic E-state index is 13.0. The van der Waals surface area contributed by atoms with Gasteiger partial charge in [0.1, 0.15) is 6.04 Å². The minimum absolute atomic E-state index is 0.0676. The fraction of sp³-hybridized carbons (Fsp3) is 0.364. The molecule has 2 aromatic rings. The highest BCUT2D eigenvalue weighted by Crippen LogP contribution is 2.22. The molecule has 4 nitrogen and oxygen atoms in total. The van der Waals surface area contributed by atoms with E-state index in [4.69, 9.17) is 11.6 Å². The fourth-order valence-electron chi connectivity index (χ4n) is 2.59. The Kier molecular flexibility index (Phi) is 9.53. The maximum atomic E-state index is 13.0. The number of amides is 2. The lowest BCUT2D eigenvalue weighted by molar-refractivity contribution is -0.138. The highest BCUT2D eigenvalue weighted by molar-refractivity contribution is 9.10. The Hall–Kier alpha value is -1.50. The summed E-state index contributed by atoms with van der Waals surface area (Å²) in [6.45, 7) is 6.13. The van der Waals surface area contributed by atoms with Crippen molar-refractivity contribution in [2.24, 2.45) is 0 Å². The van der Waals surface area contributed by atoms with Crippen molar-refractivity contribution in [1.82, 2.24) is 10.2 Å². The molecule has 0 saturated heterocycles. The van der Waals surface area contributed by atoms with E-state index in [0.29, 0.717) is 11.6 Å². The SMILES string of the molecule is CC[C@@H](C)NC(=O)[C@H](C)N(Cc1ccc(Br)cc1)C(=O)CSc1ccc(Cl)cc1. The standard InChI is InChI=1S/C22H26BrClN2O2S/c1-4-15(2)25-22(28)16(3)26(13-17-5-7-18(23)8-6-17)21(27)14-29-20-11-9-19(24)10-12-20/h5-12,15-16H,4,13-14H2,1-3H3,(H,25,28)/t15-,16+/m1/s1. The predicted molar refractivity (Wildman–Crippen MR) is 124 cm³/mol. The van der Waals surface area contributed by atoms with Crippen LogP contribution >= 0.6 is 39.3 Å². The molecule has 2 aromatic carbocycles. The summed E-state index contributed by atoms with van der Waals surface area (Å²) in [6, 6.07) is 14.7. The van der Waals surface area contributed by atoms with Crippen molar-refractivity contribution < 1.29 is 9.59 Å². The van der Waals surface area contributed by atoms with Gasteiger partial charge >= 0.3 is 0 Å². The average Bonchev–Trinajstić information content (AvgIpc) is 2.72. The minimum atomic E-state index is -0.564. The number of nitrogens with zero attached hydrogens (tertiary/aromatic N) is 1. The third-order valence-electron chi connectivity index (χ3n) is 4.61. The number of thioether (sulfide) groups is 1. The molecule has 0 aliphatic rings. The molecule has 156 valence electrons. The average molecular weight is 498 g/mol. The molecule has 0 aromatic heterocycles. The van der Waals surface area contributed by atoms with Crippen LogP contribution in [0.5, 0.6) is 0 Å². The second-order valence-corrected chi connectivity index (χ2v) is 9.29. The van der Waals surface area contributed by atoms with Crippen LogP contribution in [0.2, 0.25) is 5.02 Å². The van der Waals surface area contributed by atoms with E-state index in [1.54, 1.807) is 24.0 Å². The molecule has 0 aliphatic heterocycles. The number of carbonyl (C=O) groups is 2. The molecule has 0 spiro atoms. The Morgan fingerprint density at radius 2 is 1.72 bits per heavy atom. The summed E-state index contributed by atoms with van der Waals surface area (Å²) in [4.78, 5) is 28.3. The Labute approximate surface area is 190 Å². The van der Waals surface area contributed by atoms with E-state index < -0.39 is 6.04 Å². The van der Waals surface area contributed by atoms with Crippen LogP contribution in [0.15, 0.2) is 57.9 Å². The first-order chi connectivity index (χ1) is 13.8. The van der Waals surface area contributed by atoms with Crippen molar-refractivity contribution in [3.8, 4) is 0 Å². The Balaban J connectivity index is 2.13. The molecule has 0 saturated carbocycles. The molecule has 0 bridgehead atoms. The van der Waals surface area contributed by atoms with Crippen LogP contribution in [0.25, 0.3) is 0 Å². The van der Waals surface area contributed by atoms with Crippen molar-refractivity contribution >= 4 is 51.1 Å². The first-order valence-corrected chi connectivity index (χ1v) is 11.7. The van der Waals surface area contributed by atoms with Gasteiger partial charge in [-0.15, -0.1) is 11.8 Å². The molecular weight excluding hydrogens is 472 g/mol. The van der Waals surface area contributed by atoms with Gasteiger partial charge in [-0.1, -0.05) is 46.6 Å². The van der Waals surface area contributed by atoms with Crippen LogP contribution in [0.1, 0.15) is 32.8 Å². The van der Waals surface area contributed by atoms with Crippen molar-refractivity contribution in [2.45, 2.75) is 50.7 Å². The van der Waals surface area contributed by atoms with E-state index in [2.05, 4.69) is 21.2 Å². The smallest absolute Gasteiger partial charge is 0.242 e. The second kappa shape index (κ2) is 11.6. The topological polar surface area (TPSA) is 49.4 Å². The van der Waals surface area contributed by atoms with Gasteiger partial charge in [0, 0.05) is 27.0 Å². The lowest BCUT2D eigenvalue weighted by atomic mass is 10.1. The molecule has 7 heteroatoms.